The Labute approximate surface area is 116 Å². The number of pyridine rings is 1. The molecule has 0 saturated carbocycles. The van der Waals surface area contributed by atoms with Crippen LogP contribution in [-0.4, -0.2) is 36.1 Å². The predicted molar refractivity (Wildman–Crippen MR) is 77.4 cm³/mol. The van der Waals surface area contributed by atoms with Gasteiger partial charge in [0.2, 0.25) is 0 Å². The number of hydrogen-bond acceptors (Lipinski definition) is 4. The molecule has 2 rings (SSSR count). The van der Waals surface area contributed by atoms with Crippen LogP contribution in [0.4, 0.5) is 0 Å². The number of aryl methyl sites for hydroxylation is 2. The van der Waals surface area contributed by atoms with Crippen LogP contribution in [0, 0.1) is 13.8 Å². The van der Waals surface area contributed by atoms with Crippen LogP contribution >= 0.6 is 0 Å². The molecule has 1 aliphatic heterocycles. The molecule has 1 saturated heterocycles. The van der Waals surface area contributed by atoms with Gasteiger partial charge in [-0.15, -0.1) is 0 Å². The van der Waals surface area contributed by atoms with Crippen molar-refractivity contribution < 1.29 is 4.74 Å². The van der Waals surface area contributed by atoms with Crippen molar-refractivity contribution in [3.05, 3.63) is 23.0 Å². The zero-order chi connectivity index (χ0) is 13.8. The minimum absolute atomic E-state index is 0.481. The van der Waals surface area contributed by atoms with E-state index in [4.69, 9.17) is 10.5 Å². The number of nitrogens with two attached hydrogens (primary N) is 1. The van der Waals surface area contributed by atoms with Gasteiger partial charge in [0.05, 0.1) is 0 Å². The highest BCUT2D eigenvalue weighted by Crippen LogP contribution is 2.23. The number of nitrogens with zero attached hydrogens (tertiary/aromatic N) is 2. The number of rotatable bonds is 4. The number of ether oxygens (including phenoxy) is 1. The van der Waals surface area contributed by atoms with Crippen molar-refractivity contribution in [2.75, 3.05) is 20.2 Å². The van der Waals surface area contributed by atoms with Crippen LogP contribution in [0.3, 0.4) is 0 Å². The van der Waals surface area contributed by atoms with Crippen LogP contribution < -0.4 is 10.5 Å². The maximum atomic E-state index is 6.04. The lowest BCUT2D eigenvalue weighted by Crippen LogP contribution is -2.40. The van der Waals surface area contributed by atoms with E-state index in [1.54, 1.807) is 0 Å². The normalized spacial score (nSPS) is 20.5. The van der Waals surface area contributed by atoms with E-state index < -0.39 is 0 Å². The highest BCUT2D eigenvalue weighted by Gasteiger charge is 2.20. The zero-order valence-electron chi connectivity index (χ0n) is 12.3. The molecule has 106 valence electrons. The molecule has 0 amide bonds. The Morgan fingerprint density at radius 1 is 1.42 bits per heavy atom. The average Bonchev–Trinajstić information content (AvgIpc) is 2.37. The second-order valence-corrected chi connectivity index (χ2v) is 5.47. The second-order valence-electron chi connectivity index (χ2n) is 5.47. The molecule has 2 heterocycles. The second kappa shape index (κ2) is 6.35. The quantitative estimate of drug-likeness (QED) is 0.903. The summed E-state index contributed by atoms with van der Waals surface area (Å²) in [6, 6.07) is 2.52. The molecule has 0 radical (unpaired) electrons. The van der Waals surface area contributed by atoms with Crippen LogP contribution in [0.2, 0.25) is 0 Å². The molecule has 1 aromatic rings. The first-order valence-corrected chi connectivity index (χ1v) is 7.12. The van der Waals surface area contributed by atoms with Gasteiger partial charge in [-0.3, -0.25) is 4.98 Å². The van der Waals surface area contributed by atoms with Crippen LogP contribution in [0.25, 0.3) is 0 Å². The topological polar surface area (TPSA) is 51.4 Å². The van der Waals surface area contributed by atoms with E-state index in [-0.39, 0.29) is 0 Å². The van der Waals surface area contributed by atoms with E-state index >= 15 is 0 Å². The maximum Gasteiger partial charge on any atom is 0.127 e. The van der Waals surface area contributed by atoms with Crippen molar-refractivity contribution in [3.8, 4) is 5.75 Å². The molecule has 19 heavy (non-hydrogen) atoms. The smallest absolute Gasteiger partial charge is 0.127 e. The summed E-state index contributed by atoms with van der Waals surface area (Å²) in [5, 5.41) is 0. The summed E-state index contributed by atoms with van der Waals surface area (Å²) in [6.45, 7) is 6.38. The lowest BCUT2D eigenvalue weighted by atomic mass is 10.0. The predicted octanol–water partition coefficient (Wildman–Crippen LogP) is 2.02. The Balaban J connectivity index is 2.06. The molecule has 0 aromatic carbocycles. The Hall–Kier alpha value is -1.13. The van der Waals surface area contributed by atoms with Gasteiger partial charge in [-0.05, 0) is 40.3 Å². The van der Waals surface area contributed by atoms with Crippen LogP contribution in [-0.2, 0) is 6.54 Å². The van der Waals surface area contributed by atoms with Gasteiger partial charge in [-0.25, -0.2) is 0 Å². The molecule has 1 aliphatic rings. The largest absolute Gasteiger partial charge is 0.491 e. The van der Waals surface area contributed by atoms with Gasteiger partial charge in [0.1, 0.15) is 12.4 Å². The summed E-state index contributed by atoms with van der Waals surface area (Å²) in [4.78, 5) is 6.84. The molecule has 0 bridgehead atoms. The molecular weight excluding hydrogens is 238 g/mol. The van der Waals surface area contributed by atoms with Gasteiger partial charge in [0.25, 0.3) is 0 Å². The zero-order valence-corrected chi connectivity index (χ0v) is 12.3. The first kappa shape index (κ1) is 14.3. The highest BCUT2D eigenvalue weighted by molar-refractivity contribution is 5.37. The number of piperidine rings is 1. The first-order chi connectivity index (χ1) is 9.11. The van der Waals surface area contributed by atoms with E-state index in [1.165, 1.54) is 25.8 Å². The Bertz CT molecular complexity index is 434. The van der Waals surface area contributed by atoms with Gasteiger partial charge in [0, 0.05) is 35.6 Å². The fraction of sp³-hybridized carbons (Fsp3) is 0.667. The van der Waals surface area contributed by atoms with Crippen molar-refractivity contribution in [1.82, 2.24) is 9.88 Å². The Morgan fingerprint density at radius 2 is 2.21 bits per heavy atom. The summed E-state index contributed by atoms with van der Waals surface area (Å²) < 4.78 is 6.04. The van der Waals surface area contributed by atoms with Crippen LogP contribution in [0.5, 0.6) is 5.75 Å². The van der Waals surface area contributed by atoms with E-state index in [0.29, 0.717) is 12.6 Å². The molecule has 0 aliphatic carbocycles. The van der Waals surface area contributed by atoms with E-state index in [9.17, 15) is 0 Å². The van der Waals surface area contributed by atoms with E-state index in [0.717, 1.165) is 29.3 Å². The van der Waals surface area contributed by atoms with Crippen molar-refractivity contribution in [2.24, 2.45) is 5.73 Å². The van der Waals surface area contributed by atoms with Gasteiger partial charge in [-0.1, -0.05) is 6.42 Å². The number of likely N-dealkylation sites (tertiary alicyclic amines) is 1. The maximum absolute atomic E-state index is 6.04. The monoisotopic (exact) mass is 263 g/mol. The van der Waals surface area contributed by atoms with Crippen molar-refractivity contribution in [3.63, 3.8) is 0 Å². The van der Waals surface area contributed by atoms with Gasteiger partial charge in [0.15, 0.2) is 0 Å². The minimum atomic E-state index is 0.481. The molecule has 4 nitrogen and oxygen atoms in total. The fourth-order valence-electron chi connectivity index (χ4n) is 2.74. The number of aromatic nitrogens is 1. The fourth-order valence-corrected chi connectivity index (χ4v) is 2.74. The minimum Gasteiger partial charge on any atom is -0.491 e. The molecule has 4 heteroatoms. The third kappa shape index (κ3) is 3.45. The van der Waals surface area contributed by atoms with E-state index in [1.807, 2.05) is 19.9 Å². The summed E-state index contributed by atoms with van der Waals surface area (Å²) >= 11 is 0. The average molecular weight is 263 g/mol. The summed E-state index contributed by atoms with van der Waals surface area (Å²) in [5.41, 5.74) is 8.81. The van der Waals surface area contributed by atoms with Crippen molar-refractivity contribution in [2.45, 2.75) is 45.7 Å². The van der Waals surface area contributed by atoms with E-state index in [2.05, 4.69) is 16.9 Å². The molecule has 1 fully saturated rings. The van der Waals surface area contributed by atoms with Gasteiger partial charge < -0.3 is 15.4 Å². The lowest BCUT2D eigenvalue weighted by molar-refractivity contribution is 0.124. The molecule has 2 N–H and O–H groups in total. The van der Waals surface area contributed by atoms with Crippen LogP contribution in [0.15, 0.2) is 6.07 Å². The molecular formula is C15H25N3O. The molecule has 1 aromatic heterocycles. The van der Waals surface area contributed by atoms with Gasteiger partial charge >= 0.3 is 0 Å². The van der Waals surface area contributed by atoms with Crippen molar-refractivity contribution >= 4 is 0 Å². The molecule has 1 unspecified atom stereocenters. The molecule has 1 atom stereocenters. The van der Waals surface area contributed by atoms with Gasteiger partial charge in [-0.2, -0.15) is 0 Å². The summed E-state index contributed by atoms with van der Waals surface area (Å²) in [7, 11) is 2.18. The first-order valence-electron chi connectivity index (χ1n) is 7.12. The SMILES string of the molecule is Cc1cc(OCC2CCCCN2C)c(CN)c(C)n1. The Kier molecular flexibility index (Phi) is 4.77. The van der Waals surface area contributed by atoms with Crippen molar-refractivity contribution in [1.29, 1.82) is 0 Å². The standard InChI is InChI=1S/C15H25N3O/c1-11-8-15(14(9-16)12(2)17-11)19-10-13-6-4-5-7-18(13)3/h8,13H,4-7,9-10,16H2,1-3H3. The lowest BCUT2D eigenvalue weighted by Gasteiger charge is -2.32. The number of likely N-dealkylation sites (N-methyl/N-ethyl adjacent to an activating group) is 1. The Morgan fingerprint density at radius 3 is 2.89 bits per heavy atom. The summed E-state index contributed by atoms with van der Waals surface area (Å²) in [5.74, 6) is 0.909. The summed E-state index contributed by atoms with van der Waals surface area (Å²) in [6.07, 6.45) is 3.82. The highest BCUT2D eigenvalue weighted by atomic mass is 16.5. The third-order valence-corrected chi connectivity index (χ3v) is 3.98. The van der Waals surface area contributed by atoms with Crippen LogP contribution in [0.1, 0.15) is 36.2 Å². The molecule has 0 spiro atoms. The number of hydrogen-bond donors (Lipinski definition) is 1. The third-order valence-electron chi connectivity index (χ3n) is 3.98.